The zero-order valence-electron chi connectivity index (χ0n) is 14.5. The molecular formula is C18H14ClFN4O3S. The molecule has 0 aliphatic carbocycles. The van der Waals surface area contributed by atoms with E-state index in [-0.39, 0.29) is 32.4 Å². The van der Waals surface area contributed by atoms with E-state index in [9.17, 15) is 17.6 Å². The lowest BCUT2D eigenvalue weighted by atomic mass is 10.0. The van der Waals surface area contributed by atoms with E-state index in [4.69, 9.17) is 17.3 Å². The Hall–Kier alpha value is -3.04. The lowest BCUT2D eigenvalue weighted by molar-refractivity contribution is 0.0995. The average molecular weight is 421 g/mol. The van der Waals surface area contributed by atoms with Crippen molar-refractivity contribution in [3.63, 3.8) is 0 Å². The number of hydrogen-bond acceptors (Lipinski definition) is 6. The van der Waals surface area contributed by atoms with Crippen molar-refractivity contribution >= 4 is 38.7 Å². The van der Waals surface area contributed by atoms with Crippen LogP contribution in [0.1, 0.15) is 10.5 Å². The zero-order valence-corrected chi connectivity index (χ0v) is 16.1. The minimum Gasteiger partial charge on any atom is -0.364 e. The average Bonchev–Trinajstić information content (AvgIpc) is 2.62. The van der Waals surface area contributed by atoms with Crippen molar-refractivity contribution in [2.75, 3.05) is 11.6 Å². The van der Waals surface area contributed by atoms with Crippen LogP contribution in [0.25, 0.3) is 11.1 Å². The molecule has 0 spiro atoms. The van der Waals surface area contributed by atoms with Gasteiger partial charge in [-0.05, 0) is 36.4 Å². The Bertz CT molecular complexity index is 1150. The van der Waals surface area contributed by atoms with Crippen LogP contribution in [0.2, 0.25) is 5.02 Å². The van der Waals surface area contributed by atoms with E-state index in [1.54, 1.807) is 0 Å². The normalized spacial score (nSPS) is 11.2. The summed E-state index contributed by atoms with van der Waals surface area (Å²) < 4.78 is 37.6. The van der Waals surface area contributed by atoms with Crippen molar-refractivity contribution in [2.24, 2.45) is 5.73 Å². The largest absolute Gasteiger partial charge is 0.364 e. The van der Waals surface area contributed by atoms with Gasteiger partial charge < -0.3 is 11.1 Å². The van der Waals surface area contributed by atoms with Gasteiger partial charge in [-0.3, -0.25) is 4.79 Å². The third-order valence-electron chi connectivity index (χ3n) is 3.87. The number of sulfone groups is 1. The van der Waals surface area contributed by atoms with Gasteiger partial charge in [0.05, 0.1) is 21.8 Å². The van der Waals surface area contributed by atoms with Gasteiger partial charge in [0.1, 0.15) is 5.82 Å². The Morgan fingerprint density at radius 3 is 2.43 bits per heavy atom. The minimum absolute atomic E-state index is 0.0248. The maximum Gasteiger partial charge on any atom is 0.271 e. The van der Waals surface area contributed by atoms with Crippen molar-refractivity contribution in [1.82, 2.24) is 10.2 Å². The third-order valence-corrected chi connectivity index (χ3v) is 5.31. The van der Waals surface area contributed by atoms with E-state index in [1.807, 2.05) is 0 Å². The predicted octanol–water partition coefficient (Wildman–Crippen LogP) is 3.18. The highest BCUT2D eigenvalue weighted by atomic mass is 35.5. The van der Waals surface area contributed by atoms with Gasteiger partial charge in [0.25, 0.3) is 5.91 Å². The fourth-order valence-corrected chi connectivity index (χ4v) is 3.46. The molecule has 28 heavy (non-hydrogen) atoms. The summed E-state index contributed by atoms with van der Waals surface area (Å²) >= 11 is 6.14. The van der Waals surface area contributed by atoms with Crippen LogP contribution in [0.5, 0.6) is 0 Å². The van der Waals surface area contributed by atoms with Gasteiger partial charge in [-0.25, -0.2) is 12.8 Å². The SMILES string of the molecule is CS(=O)(=O)c1ccc(Nc2c(-c3c(F)cccc3Cl)cnnc2C(N)=O)cc1. The van der Waals surface area contributed by atoms with Crippen LogP contribution >= 0.6 is 11.6 Å². The molecule has 3 N–H and O–H groups in total. The van der Waals surface area contributed by atoms with Gasteiger partial charge in [0.15, 0.2) is 15.5 Å². The number of nitrogens with one attached hydrogen (secondary N) is 1. The van der Waals surface area contributed by atoms with Crippen LogP contribution < -0.4 is 11.1 Å². The first-order valence-corrected chi connectivity index (χ1v) is 10.1. The maximum atomic E-state index is 14.4. The summed E-state index contributed by atoms with van der Waals surface area (Å²) in [7, 11) is -3.37. The van der Waals surface area contributed by atoms with E-state index in [0.717, 1.165) is 6.26 Å². The van der Waals surface area contributed by atoms with E-state index >= 15 is 0 Å². The first kappa shape index (κ1) is 19.7. The second-order valence-corrected chi connectivity index (χ2v) is 8.29. The number of amides is 1. The van der Waals surface area contributed by atoms with Gasteiger partial charge in [-0.1, -0.05) is 17.7 Å². The van der Waals surface area contributed by atoms with Gasteiger partial charge in [-0.15, -0.1) is 5.10 Å². The van der Waals surface area contributed by atoms with Crippen molar-refractivity contribution in [1.29, 1.82) is 0 Å². The summed E-state index contributed by atoms with van der Waals surface area (Å²) in [5.41, 5.74) is 5.90. The van der Waals surface area contributed by atoms with Crippen LogP contribution in [-0.4, -0.2) is 30.8 Å². The summed E-state index contributed by atoms with van der Waals surface area (Å²) in [5, 5.41) is 10.5. The summed E-state index contributed by atoms with van der Waals surface area (Å²) in [4.78, 5) is 11.9. The fraction of sp³-hybridized carbons (Fsp3) is 0.0556. The molecule has 0 aliphatic heterocycles. The molecule has 144 valence electrons. The molecule has 1 aromatic heterocycles. The number of carbonyl (C=O) groups is 1. The number of nitrogens with two attached hydrogens (primary N) is 1. The van der Waals surface area contributed by atoms with Gasteiger partial charge in [0.2, 0.25) is 0 Å². The molecule has 0 aliphatic rings. The van der Waals surface area contributed by atoms with Crippen molar-refractivity contribution in [3.8, 4) is 11.1 Å². The Balaban J connectivity index is 2.15. The molecule has 0 saturated carbocycles. The predicted molar refractivity (Wildman–Crippen MR) is 104 cm³/mol. The summed E-state index contributed by atoms with van der Waals surface area (Å²) in [6.07, 6.45) is 2.34. The number of hydrogen-bond donors (Lipinski definition) is 2. The Labute approximate surface area is 165 Å². The molecule has 7 nitrogen and oxygen atoms in total. The summed E-state index contributed by atoms with van der Waals surface area (Å²) in [6.45, 7) is 0. The molecule has 3 aromatic rings. The zero-order chi connectivity index (χ0) is 20.5. The quantitative estimate of drug-likeness (QED) is 0.655. The maximum absolute atomic E-state index is 14.4. The van der Waals surface area contributed by atoms with Gasteiger partial charge >= 0.3 is 0 Å². The number of rotatable bonds is 5. The Morgan fingerprint density at radius 2 is 1.86 bits per heavy atom. The Kier molecular flexibility index (Phi) is 5.30. The molecule has 10 heteroatoms. The van der Waals surface area contributed by atoms with Crippen molar-refractivity contribution in [2.45, 2.75) is 4.90 Å². The monoisotopic (exact) mass is 420 g/mol. The molecule has 3 rings (SSSR count). The number of primary amides is 1. The highest BCUT2D eigenvalue weighted by Crippen LogP contribution is 2.37. The molecule has 2 aromatic carbocycles. The van der Waals surface area contributed by atoms with Crippen LogP contribution in [-0.2, 0) is 9.84 Å². The third kappa shape index (κ3) is 3.95. The number of halogens is 2. The molecule has 0 unspecified atom stereocenters. The Morgan fingerprint density at radius 1 is 1.18 bits per heavy atom. The van der Waals surface area contributed by atoms with Crippen LogP contribution in [0, 0.1) is 5.82 Å². The molecule has 1 amide bonds. The number of nitrogens with zero attached hydrogens (tertiary/aromatic N) is 2. The molecule has 0 atom stereocenters. The molecule has 0 fully saturated rings. The number of aromatic nitrogens is 2. The summed E-state index contributed by atoms with van der Waals surface area (Å²) in [6, 6.07) is 9.94. The molecule has 0 bridgehead atoms. The minimum atomic E-state index is -3.37. The van der Waals surface area contributed by atoms with Crippen LogP contribution in [0.4, 0.5) is 15.8 Å². The van der Waals surface area contributed by atoms with Gasteiger partial charge in [0, 0.05) is 23.1 Å². The molecule has 0 saturated heterocycles. The molecule has 0 radical (unpaired) electrons. The van der Waals surface area contributed by atoms with Crippen molar-refractivity contribution in [3.05, 3.63) is 65.2 Å². The van der Waals surface area contributed by atoms with E-state index in [2.05, 4.69) is 15.5 Å². The summed E-state index contributed by atoms with van der Waals surface area (Å²) in [5.74, 6) is -1.50. The lowest BCUT2D eigenvalue weighted by Gasteiger charge is -2.15. The van der Waals surface area contributed by atoms with Gasteiger partial charge in [-0.2, -0.15) is 5.10 Å². The molecular weight excluding hydrogens is 407 g/mol. The highest BCUT2D eigenvalue weighted by molar-refractivity contribution is 7.90. The molecule has 1 heterocycles. The standard InChI is InChI=1S/C18H14ClFN4O3S/c1-28(26,27)11-7-5-10(6-8-11)23-16-12(9-22-24-17(16)18(21)25)15-13(19)3-2-4-14(15)20/h2-9H,1H3,(H2,21,25)(H,22,23). The van der Waals surface area contributed by atoms with E-state index < -0.39 is 21.6 Å². The fourth-order valence-electron chi connectivity index (χ4n) is 2.56. The first-order chi connectivity index (χ1) is 13.2. The number of carbonyl (C=O) groups excluding carboxylic acids is 1. The number of anilines is 2. The van der Waals surface area contributed by atoms with E-state index in [1.165, 1.54) is 48.7 Å². The highest BCUT2D eigenvalue weighted by Gasteiger charge is 2.21. The van der Waals surface area contributed by atoms with Crippen LogP contribution in [0.15, 0.2) is 53.6 Å². The second kappa shape index (κ2) is 7.53. The topological polar surface area (TPSA) is 115 Å². The first-order valence-electron chi connectivity index (χ1n) is 7.85. The number of benzene rings is 2. The lowest BCUT2D eigenvalue weighted by Crippen LogP contribution is -2.17. The van der Waals surface area contributed by atoms with Crippen molar-refractivity contribution < 1.29 is 17.6 Å². The van der Waals surface area contributed by atoms with E-state index in [0.29, 0.717) is 5.69 Å². The smallest absolute Gasteiger partial charge is 0.271 e. The second-order valence-electron chi connectivity index (χ2n) is 5.86. The van der Waals surface area contributed by atoms with Crippen LogP contribution in [0.3, 0.4) is 0 Å².